The van der Waals surface area contributed by atoms with Crippen LogP contribution in [0.5, 0.6) is 0 Å². The summed E-state index contributed by atoms with van der Waals surface area (Å²) in [6, 6.07) is 2.71. The van der Waals surface area contributed by atoms with E-state index in [0.717, 1.165) is 50.0 Å². The molecular weight excluding hydrogens is 1240 g/mol. The Morgan fingerprint density at radius 2 is 0.530 bits per heavy atom. The highest BCUT2D eigenvalue weighted by molar-refractivity contribution is 5.78. The Hall–Kier alpha value is -3.20. The number of carbonyl (C=O) groups excluding carboxylic acids is 4. The number of aliphatic imine (C=N–C) groups is 2. The van der Waals surface area contributed by atoms with Crippen molar-refractivity contribution in [2.24, 2.45) is 92.8 Å². The molecule has 0 saturated carbocycles. The van der Waals surface area contributed by atoms with Crippen molar-refractivity contribution in [2.75, 3.05) is 26.3 Å². The fourth-order valence-corrected chi connectivity index (χ4v) is 5.15. The number of esters is 2. The number of hydrogen-bond acceptors (Lipinski definition) is 12. The molecule has 0 bridgehead atoms. The van der Waals surface area contributed by atoms with Gasteiger partial charge in [-0.25, -0.2) is 0 Å². The molecule has 2 amide bonds. The van der Waals surface area contributed by atoms with Crippen LogP contribution in [0.3, 0.4) is 0 Å². The molecule has 0 saturated heterocycles. The predicted molar refractivity (Wildman–Crippen MR) is 451 cm³/mol. The number of allylic oxidation sites excluding steroid dienone is 2. The van der Waals surface area contributed by atoms with Crippen LogP contribution >= 0.6 is 0 Å². The summed E-state index contributed by atoms with van der Waals surface area (Å²) >= 11 is 0. The normalized spacial score (nSPS) is 11.2. The van der Waals surface area contributed by atoms with Gasteiger partial charge in [-0.3, -0.25) is 29.2 Å². The monoisotopic (exact) mass is 1430 g/mol. The summed E-state index contributed by atoms with van der Waals surface area (Å²) in [5, 5.41) is 12.3. The van der Waals surface area contributed by atoms with Gasteiger partial charge >= 0.3 is 11.9 Å². The van der Waals surface area contributed by atoms with Gasteiger partial charge in [0.15, 0.2) is 0 Å². The second kappa shape index (κ2) is 84.7. The van der Waals surface area contributed by atoms with Gasteiger partial charge in [-0.05, 0) is 183 Å². The van der Waals surface area contributed by atoms with Crippen LogP contribution in [-0.2, 0) is 38.1 Å². The van der Waals surface area contributed by atoms with Crippen molar-refractivity contribution >= 4 is 36.2 Å². The van der Waals surface area contributed by atoms with E-state index >= 15 is 0 Å². The maximum absolute atomic E-state index is 10.8. The van der Waals surface area contributed by atoms with E-state index < -0.39 is 0 Å². The largest absolute Gasteiger partial charge is 0.463 e. The Morgan fingerprint density at radius 3 is 0.600 bits per heavy atom. The van der Waals surface area contributed by atoms with Crippen LogP contribution in [0, 0.1) is 82.9 Å². The van der Waals surface area contributed by atoms with E-state index in [2.05, 4.69) is 265 Å². The fraction of sp³-hybridized carbons (Fsp3) is 0.907. The van der Waals surface area contributed by atoms with Gasteiger partial charge in [0, 0.05) is 73.7 Å². The molecule has 610 valence electrons. The molecule has 0 aromatic heterocycles. The van der Waals surface area contributed by atoms with E-state index in [9.17, 15) is 19.2 Å². The summed E-state index contributed by atoms with van der Waals surface area (Å²) < 4.78 is 20.4. The first-order valence-electron chi connectivity index (χ1n) is 39.6. The molecule has 0 aliphatic carbocycles. The van der Waals surface area contributed by atoms with Crippen molar-refractivity contribution < 1.29 is 38.1 Å². The van der Waals surface area contributed by atoms with Gasteiger partial charge < -0.3 is 40.2 Å². The van der Waals surface area contributed by atoms with Crippen LogP contribution in [0.1, 0.15) is 345 Å². The number of nitrogens with zero attached hydrogens (tertiary/aromatic N) is 2. The summed E-state index contributed by atoms with van der Waals surface area (Å²) in [6.07, 6.45) is 12.0. The number of hydrogen-bond donors (Lipinski definition) is 4. The zero-order chi connectivity index (χ0) is 82.3. The highest BCUT2D eigenvalue weighted by Gasteiger charge is 2.11. The maximum Gasteiger partial charge on any atom is 0.308 e. The molecule has 0 aliphatic rings. The molecule has 0 aromatic carbocycles. The predicted octanol–water partition coefficient (Wildman–Crippen LogP) is 23.1. The summed E-state index contributed by atoms with van der Waals surface area (Å²) in [5.41, 5.74) is 0. The van der Waals surface area contributed by atoms with Gasteiger partial charge in [0.1, 0.15) is 0 Å². The Labute approximate surface area is 629 Å². The SMILES string of the molecule is CC(C)/C=C\C(C)C.CC(C)C=NC(C)C.CC(C)C=NC(C)C.CC(C)CCC(C)C.CC(C)CNC(C)C.CC(C)CNC(C)C.CC(C)COC(C)C.CC(C)COC(C)C.CC(C)NC(=O)C(C)C.CC(C)NC(=O)C(C)C.CC(C)OC(=O)C(C)C.CC(C)OC(=O)C(C)C. The molecule has 0 radical (unpaired) electrons. The summed E-state index contributed by atoms with van der Waals surface area (Å²) in [6.45, 7) is 103. The fourth-order valence-electron chi connectivity index (χ4n) is 5.15. The van der Waals surface area contributed by atoms with Gasteiger partial charge in [0.2, 0.25) is 11.8 Å². The summed E-state index contributed by atoms with van der Waals surface area (Å²) in [4.78, 5) is 51.5. The summed E-state index contributed by atoms with van der Waals surface area (Å²) in [5.74, 6) is 7.47. The quantitative estimate of drug-likeness (QED) is 0.0320. The Balaban J connectivity index is -0.0000000845. The van der Waals surface area contributed by atoms with Gasteiger partial charge in [0.25, 0.3) is 0 Å². The number of ether oxygens (including phenoxy) is 4. The average molecular weight is 1430 g/mol. The second-order valence-corrected chi connectivity index (χ2v) is 33.9. The van der Waals surface area contributed by atoms with Crippen LogP contribution in [-0.4, -0.2) is 123 Å². The lowest BCUT2D eigenvalue weighted by molar-refractivity contribution is -0.152. The van der Waals surface area contributed by atoms with Crippen LogP contribution < -0.4 is 21.3 Å². The van der Waals surface area contributed by atoms with E-state index in [-0.39, 0.29) is 71.7 Å². The highest BCUT2D eigenvalue weighted by atomic mass is 16.5. The lowest BCUT2D eigenvalue weighted by atomic mass is 10.0. The minimum absolute atomic E-state index is 0.00704. The van der Waals surface area contributed by atoms with Gasteiger partial charge in [-0.1, -0.05) is 247 Å². The maximum atomic E-state index is 10.8. The average Bonchev–Trinajstić information content (AvgIpc) is 1.30. The second-order valence-electron chi connectivity index (χ2n) is 33.9. The van der Waals surface area contributed by atoms with Crippen LogP contribution in [0.2, 0.25) is 0 Å². The molecule has 0 aromatic rings. The van der Waals surface area contributed by atoms with Gasteiger partial charge in [0.05, 0.1) is 36.3 Å². The van der Waals surface area contributed by atoms with E-state index in [1.807, 2.05) is 123 Å². The van der Waals surface area contributed by atoms with Crippen molar-refractivity contribution in [2.45, 2.75) is 406 Å². The lowest BCUT2D eigenvalue weighted by Gasteiger charge is -2.09. The molecule has 0 spiro atoms. The Bertz CT molecular complexity index is 1420. The van der Waals surface area contributed by atoms with Crippen LogP contribution in [0.25, 0.3) is 0 Å². The van der Waals surface area contributed by atoms with Crippen molar-refractivity contribution in [1.82, 2.24) is 21.3 Å². The van der Waals surface area contributed by atoms with Gasteiger partial charge in [-0.15, -0.1) is 0 Å². The smallest absolute Gasteiger partial charge is 0.308 e. The molecule has 100 heavy (non-hydrogen) atoms. The number of amides is 2. The molecule has 14 nitrogen and oxygen atoms in total. The molecule has 0 unspecified atom stereocenters. The van der Waals surface area contributed by atoms with E-state index in [0.29, 0.717) is 71.9 Å². The zero-order valence-corrected chi connectivity index (χ0v) is 76.6. The molecular formula is C86H188N6O8. The molecule has 0 aliphatic heterocycles. The lowest BCUT2D eigenvalue weighted by Crippen LogP contribution is -2.33. The highest BCUT2D eigenvalue weighted by Crippen LogP contribution is 2.10. The third-order valence-corrected chi connectivity index (χ3v) is 10.5. The third-order valence-electron chi connectivity index (χ3n) is 10.5. The van der Waals surface area contributed by atoms with Crippen LogP contribution in [0.4, 0.5) is 0 Å². The first-order chi connectivity index (χ1) is 45.2. The molecule has 0 heterocycles. The number of nitrogens with one attached hydrogen (secondary N) is 4. The topological polar surface area (TPSA) is 178 Å². The van der Waals surface area contributed by atoms with E-state index in [1.54, 1.807) is 0 Å². The Morgan fingerprint density at radius 1 is 0.290 bits per heavy atom. The molecule has 0 rings (SSSR count). The van der Waals surface area contributed by atoms with Crippen molar-refractivity contribution in [1.29, 1.82) is 0 Å². The van der Waals surface area contributed by atoms with Crippen molar-refractivity contribution in [3.05, 3.63) is 12.2 Å². The molecule has 14 heteroatoms. The minimum Gasteiger partial charge on any atom is -0.463 e. The van der Waals surface area contributed by atoms with Gasteiger partial charge in [-0.2, -0.15) is 0 Å². The standard InChI is InChI=1S/C8H18.C8H16.2C7H15NO.2C7H17N.2C7H15N.2C7H14O2.2C7H16O/c2*1-7(2)5-6-8(3)4;2*1-5(2)7(9)8-6(3)4;4*1-6(2)5-8-7(3)4;2*1-5(2)7(8)9-6(3)4;2*1-6(2)5-8-7(3)4/h7-8H,5-6H2,1-4H3;5-8H,1-4H3;2*5-6H,1-4H3,(H,8,9);2*6-8H,5H2,1-4H3;2*5-7H,1-4H3;2*5-6H,1-4H3;2*6-7H,5H2,1-4H3/b;6-5-;;;;;;;;;;. The van der Waals surface area contributed by atoms with Crippen molar-refractivity contribution in [3.63, 3.8) is 0 Å². The zero-order valence-electron chi connectivity index (χ0n) is 76.6. The van der Waals surface area contributed by atoms with E-state index in [4.69, 9.17) is 18.9 Å². The minimum atomic E-state index is -0.120. The molecule has 0 fully saturated rings. The number of carbonyl (C=O) groups is 4. The Kier molecular flexibility index (Phi) is 105. The molecule has 4 N–H and O–H groups in total. The third kappa shape index (κ3) is 176. The van der Waals surface area contributed by atoms with E-state index in [1.165, 1.54) is 12.8 Å². The molecule has 0 atom stereocenters. The van der Waals surface area contributed by atoms with Crippen LogP contribution in [0.15, 0.2) is 22.1 Å². The summed E-state index contributed by atoms with van der Waals surface area (Å²) in [7, 11) is 0. The van der Waals surface area contributed by atoms with Crippen molar-refractivity contribution in [3.8, 4) is 0 Å². The first-order valence-corrected chi connectivity index (χ1v) is 39.6. The number of rotatable bonds is 29. The first kappa shape index (κ1) is 124.